The van der Waals surface area contributed by atoms with Gasteiger partial charge in [-0.2, -0.15) is 5.10 Å². The lowest BCUT2D eigenvalue weighted by Crippen LogP contribution is -2.12. The van der Waals surface area contributed by atoms with Gasteiger partial charge >= 0.3 is 0 Å². The van der Waals surface area contributed by atoms with Gasteiger partial charge in [-0.15, -0.1) is 0 Å². The standard InChI is InChI=1S/C13H16ClN3/c1-2-15-9-13-6-7-17(16-13)10-11-4-3-5-12(14)8-11/h3-8,15H,2,9-10H2,1H3. The molecule has 2 rings (SSSR count). The van der Waals surface area contributed by atoms with E-state index in [-0.39, 0.29) is 0 Å². The highest BCUT2D eigenvalue weighted by atomic mass is 35.5. The van der Waals surface area contributed by atoms with Crippen LogP contribution in [0.3, 0.4) is 0 Å². The van der Waals surface area contributed by atoms with Gasteiger partial charge in [0, 0.05) is 17.8 Å². The Morgan fingerprint density at radius 1 is 1.35 bits per heavy atom. The first-order valence-corrected chi connectivity index (χ1v) is 6.13. The molecule has 0 atom stereocenters. The maximum absolute atomic E-state index is 5.95. The van der Waals surface area contributed by atoms with Crippen molar-refractivity contribution in [3.63, 3.8) is 0 Å². The lowest BCUT2D eigenvalue weighted by atomic mass is 10.2. The molecule has 0 spiro atoms. The summed E-state index contributed by atoms with van der Waals surface area (Å²) < 4.78 is 1.93. The molecular weight excluding hydrogens is 234 g/mol. The summed E-state index contributed by atoms with van der Waals surface area (Å²) in [5, 5.41) is 8.50. The summed E-state index contributed by atoms with van der Waals surface area (Å²) in [6.45, 7) is 4.62. The van der Waals surface area contributed by atoms with Gasteiger partial charge in [0.2, 0.25) is 0 Å². The van der Waals surface area contributed by atoms with E-state index >= 15 is 0 Å². The molecule has 1 N–H and O–H groups in total. The van der Waals surface area contributed by atoms with E-state index in [1.165, 1.54) is 0 Å². The molecule has 0 saturated carbocycles. The average Bonchev–Trinajstić information content (AvgIpc) is 2.74. The number of hydrogen-bond acceptors (Lipinski definition) is 2. The summed E-state index contributed by atoms with van der Waals surface area (Å²) >= 11 is 5.95. The van der Waals surface area contributed by atoms with Crippen molar-refractivity contribution in [1.29, 1.82) is 0 Å². The van der Waals surface area contributed by atoms with Crippen LogP contribution >= 0.6 is 11.6 Å². The van der Waals surface area contributed by atoms with Crippen LogP contribution in [0.15, 0.2) is 36.5 Å². The summed E-state index contributed by atoms with van der Waals surface area (Å²) in [7, 11) is 0. The SMILES string of the molecule is CCNCc1ccn(Cc2cccc(Cl)c2)n1. The molecule has 0 aliphatic heterocycles. The van der Waals surface area contributed by atoms with Crippen molar-refractivity contribution in [3.05, 3.63) is 52.8 Å². The van der Waals surface area contributed by atoms with Gasteiger partial charge in [0.15, 0.2) is 0 Å². The van der Waals surface area contributed by atoms with Crippen molar-refractivity contribution in [2.24, 2.45) is 0 Å². The molecular formula is C13H16ClN3. The molecule has 0 amide bonds. The van der Waals surface area contributed by atoms with Crippen LogP contribution in [0.5, 0.6) is 0 Å². The van der Waals surface area contributed by atoms with Crippen LogP contribution in [0.2, 0.25) is 5.02 Å². The summed E-state index contributed by atoms with van der Waals surface area (Å²) in [5.41, 5.74) is 2.23. The molecule has 1 aromatic heterocycles. The van der Waals surface area contributed by atoms with E-state index in [9.17, 15) is 0 Å². The summed E-state index contributed by atoms with van der Waals surface area (Å²) in [6.07, 6.45) is 1.99. The Hall–Kier alpha value is -1.32. The third-order valence-corrected chi connectivity index (χ3v) is 2.72. The highest BCUT2D eigenvalue weighted by Crippen LogP contribution is 2.11. The Morgan fingerprint density at radius 2 is 2.24 bits per heavy atom. The molecule has 4 heteroatoms. The van der Waals surface area contributed by atoms with Crippen LogP contribution in [0.25, 0.3) is 0 Å². The van der Waals surface area contributed by atoms with Gasteiger partial charge in [-0.1, -0.05) is 30.7 Å². The fourth-order valence-electron chi connectivity index (χ4n) is 1.66. The lowest BCUT2D eigenvalue weighted by molar-refractivity contribution is 0.644. The fourth-order valence-corrected chi connectivity index (χ4v) is 1.87. The minimum Gasteiger partial charge on any atom is -0.311 e. The summed E-state index contributed by atoms with van der Waals surface area (Å²) in [4.78, 5) is 0. The predicted molar refractivity (Wildman–Crippen MR) is 70.2 cm³/mol. The van der Waals surface area contributed by atoms with E-state index in [2.05, 4.69) is 23.4 Å². The van der Waals surface area contributed by atoms with Gasteiger partial charge in [-0.25, -0.2) is 0 Å². The summed E-state index contributed by atoms with van der Waals surface area (Å²) in [6, 6.07) is 9.89. The Labute approximate surface area is 106 Å². The molecule has 0 fully saturated rings. The van der Waals surface area contributed by atoms with Gasteiger partial charge in [-0.3, -0.25) is 4.68 Å². The number of nitrogens with one attached hydrogen (secondary N) is 1. The fraction of sp³-hybridized carbons (Fsp3) is 0.308. The first kappa shape index (κ1) is 12.1. The van der Waals surface area contributed by atoms with Crippen LogP contribution in [-0.4, -0.2) is 16.3 Å². The molecule has 17 heavy (non-hydrogen) atoms. The van der Waals surface area contributed by atoms with Crippen LogP contribution in [0.1, 0.15) is 18.2 Å². The number of halogens is 1. The number of hydrogen-bond donors (Lipinski definition) is 1. The van der Waals surface area contributed by atoms with E-state index in [0.717, 1.165) is 35.9 Å². The zero-order valence-electron chi connectivity index (χ0n) is 9.86. The zero-order valence-corrected chi connectivity index (χ0v) is 10.6. The van der Waals surface area contributed by atoms with Gasteiger partial charge in [0.25, 0.3) is 0 Å². The Kier molecular flexibility index (Phi) is 4.18. The number of aromatic nitrogens is 2. The Balaban J connectivity index is 2.01. The minimum absolute atomic E-state index is 0.757. The van der Waals surface area contributed by atoms with Crippen LogP contribution < -0.4 is 5.32 Å². The van der Waals surface area contributed by atoms with Gasteiger partial charge < -0.3 is 5.32 Å². The average molecular weight is 250 g/mol. The molecule has 90 valence electrons. The second kappa shape index (κ2) is 5.84. The molecule has 0 aliphatic rings. The maximum atomic E-state index is 5.95. The molecule has 1 aromatic carbocycles. The van der Waals surface area contributed by atoms with Crippen molar-refractivity contribution < 1.29 is 0 Å². The van der Waals surface area contributed by atoms with Crippen LogP contribution in [0.4, 0.5) is 0 Å². The van der Waals surface area contributed by atoms with Crippen molar-refractivity contribution in [3.8, 4) is 0 Å². The van der Waals surface area contributed by atoms with E-state index in [0.29, 0.717) is 0 Å². The van der Waals surface area contributed by atoms with E-state index in [4.69, 9.17) is 11.6 Å². The molecule has 0 aliphatic carbocycles. The molecule has 0 unspecified atom stereocenters. The largest absolute Gasteiger partial charge is 0.311 e. The summed E-state index contributed by atoms with van der Waals surface area (Å²) in [5.74, 6) is 0. The third kappa shape index (κ3) is 3.58. The third-order valence-electron chi connectivity index (χ3n) is 2.49. The number of rotatable bonds is 5. The van der Waals surface area contributed by atoms with Gasteiger partial charge in [-0.05, 0) is 30.3 Å². The number of nitrogens with zero attached hydrogens (tertiary/aromatic N) is 2. The molecule has 2 aromatic rings. The van der Waals surface area contributed by atoms with Crippen LogP contribution in [0, 0.1) is 0 Å². The highest BCUT2D eigenvalue weighted by molar-refractivity contribution is 6.30. The highest BCUT2D eigenvalue weighted by Gasteiger charge is 2.00. The van der Waals surface area contributed by atoms with Crippen molar-refractivity contribution in [2.45, 2.75) is 20.0 Å². The molecule has 0 bridgehead atoms. The molecule has 0 radical (unpaired) electrons. The van der Waals surface area contributed by atoms with Gasteiger partial charge in [0.1, 0.15) is 0 Å². The first-order chi connectivity index (χ1) is 8.28. The zero-order chi connectivity index (χ0) is 12.1. The minimum atomic E-state index is 0.757. The predicted octanol–water partition coefficient (Wildman–Crippen LogP) is 2.69. The second-order valence-corrected chi connectivity index (χ2v) is 4.35. The Morgan fingerprint density at radius 3 is 3.00 bits per heavy atom. The quantitative estimate of drug-likeness (QED) is 0.883. The van der Waals surface area contributed by atoms with E-state index in [1.807, 2.05) is 35.1 Å². The second-order valence-electron chi connectivity index (χ2n) is 3.91. The van der Waals surface area contributed by atoms with Gasteiger partial charge in [0.05, 0.1) is 12.2 Å². The topological polar surface area (TPSA) is 29.9 Å². The number of benzene rings is 1. The molecule has 1 heterocycles. The smallest absolute Gasteiger partial charge is 0.0762 e. The van der Waals surface area contributed by atoms with Crippen molar-refractivity contribution in [1.82, 2.24) is 15.1 Å². The monoisotopic (exact) mass is 249 g/mol. The first-order valence-electron chi connectivity index (χ1n) is 5.75. The van der Waals surface area contributed by atoms with E-state index in [1.54, 1.807) is 0 Å². The van der Waals surface area contributed by atoms with E-state index < -0.39 is 0 Å². The van der Waals surface area contributed by atoms with Crippen LogP contribution in [-0.2, 0) is 13.1 Å². The molecule has 3 nitrogen and oxygen atoms in total. The lowest BCUT2D eigenvalue weighted by Gasteiger charge is -2.02. The maximum Gasteiger partial charge on any atom is 0.0762 e. The Bertz CT molecular complexity index is 479. The van der Waals surface area contributed by atoms with Crippen molar-refractivity contribution in [2.75, 3.05) is 6.54 Å². The molecule has 0 saturated heterocycles. The normalized spacial score (nSPS) is 10.7. The van der Waals surface area contributed by atoms with Crippen molar-refractivity contribution >= 4 is 11.6 Å².